The van der Waals surface area contributed by atoms with Crippen molar-refractivity contribution < 1.29 is 9.53 Å². The molecule has 5 nitrogen and oxygen atoms in total. The zero-order valence-electron chi connectivity index (χ0n) is 14.2. The van der Waals surface area contributed by atoms with Gasteiger partial charge in [0, 0.05) is 6.07 Å². The van der Waals surface area contributed by atoms with Crippen molar-refractivity contribution in [2.45, 2.75) is 33.6 Å². The first-order valence-corrected chi connectivity index (χ1v) is 7.82. The van der Waals surface area contributed by atoms with Crippen molar-refractivity contribution in [3.8, 4) is 11.6 Å². The maximum absolute atomic E-state index is 11.2. The van der Waals surface area contributed by atoms with Crippen molar-refractivity contribution in [2.24, 2.45) is 5.73 Å². The second-order valence-corrected chi connectivity index (χ2v) is 4.97. The molecule has 124 valence electrons. The Morgan fingerprint density at radius 3 is 2.57 bits per heavy atom. The maximum Gasteiger partial charge on any atom is 0.238 e. The van der Waals surface area contributed by atoms with Crippen LogP contribution in [-0.4, -0.2) is 17.4 Å². The molecule has 2 aromatic rings. The van der Waals surface area contributed by atoms with E-state index < -0.39 is 0 Å². The number of ether oxygens (including phenoxy) is 1. The molecule has 0 saturated carbocycles. The van der Waals surface area contributed by atoms with E-state index in [9.17, 15) is 4.79 Å². The van der Waals surface area contributed by atoms with Crippen LogP contribution in [0.1, 0.15) is 39.2 Å². The van der Waals surface area contributed by atoms with Crippen molar-refractivity contribution in [1.82, 2.24) is 4.98 Å². The van der Waals surface area contributed by atoms with E-state index in [2.05, 4.69) is 30.2 Å². The number of hydrogen-bond acceptors (Lipinski definition) is 4. The molecule has 3 N–H and O–H groups in total. The Morgan fingerprint density at radius 1 is 1.26 bits per heavy atom. The summed E-state index contributed by atoms with van der Waals surface area (Å²) in [6.45, 7) is 8.21. The van der Waals surface area contributed by atoms with Crippen LogP contribution in [0.15, 0.2) is 42.6 Å². The summed E-state index contributed by atoms with van der Waals surface area (Å²) in [6, 6.07) is 11.3. The molecule has 0 saturated heterocycles. The molecule has 1 aromatic carbocycles. The van der Waals surface area contributed by atoms with Crippen LogP contribution in [0.2, 0.25) is 0 Å². The molecule has 0 radical (unpaired) electrons. The van der Waals surface area contributed by atoms with E-state index in [1.165, 1.54) is 11.8 Å². The van der Waals surface area contributed by atoms with Gasteiger partial charge in [-0.25, -0.2) is 4.98 Å². The lowest BCUT2D eigenvalue weighted by Gasteiger charge is -2.09. The van der Waals surface area contributed by atoms with Crippen molar-refractivity contribution in [1.29, 1.82) is 0 Å². The van der Waals surface area contributed by atoms with Crippen molar-refractivity contribution in [2.75, 3.05) is 11.9 Å². The average Bonchev–Trinajstić information content (AvgIpc) is 2.58. The molecule has 0 atom stereocenters. The molecule has 1 aromatic heterocycles. The first-order valence-electron chi connectivity index (χ1n) is 7.82. The standard InChI is InChI=1S/C16H19N3O2.C2H6/c1-11(2)12-4-3-5-14(8-12)21-16-7-6-13(10-18-16)19-15(20)9-17;1-2/h3-8,10-11H,9,17H2,1-2H3,(H,19,20);1-2H3. The summed E-state index contributed by atoms with van der Waals surface area (Å²) in [7, 11) is 0. The monoisotopic (exact) mass is 315 g/mol. The number of pyridine rings is 1. The van der Waals surface area contributed by atoms with Gasteiger partial charge >= 0.3 is 0 Å². The third-order valence-electron chi connectivity index (χ3n) is 2.95. The van der Waals surface area contributed by atoms with E-state index in [1.54, 1.807) is 12.1 Å². The van der Waals surface area contributed by atoms with Gasteiger partial charge in [-0.2, -0.15) is 0 Å². The van der Waals surface area contributed by atoms with Crippen LogP contribution in [0.25, 0.3) is 0 Å². The van der Waals surface area contributed by atoms with Crippen LogP contribution in [0.5, 0.6) is 11.6 Å². The number of carbonyl (C=O) groups is 1. The first-order chi connectivity index (χ1) is 11.1. The summed E-state index contributed by atoms with van der Waals surface area (Å²) >= 11 is 0. The Labute approximate surface area is 137 Å². The molecular formula is C18H25N3O2. The van der Waals surface area contributed by atoms with Crippen LogP contribution in [0.4, 0.5) is 5.69 Å². The Kier molecular flexibility index (Phi) is 7.77. The maximum atomic E-state index is 11.2. The lowest BCUT2D eigenvalue weighted by molar-refractivity contribution is -0.114. The largest absolute Gasteiger partial charge is 0.439 e. The number of amides is 1. The summed E-state index contributed by atoms with van der Waals surface area (Å²) in [6.07, 6.45) is 1.54. The molecule has 0 fully saturated rings. The van der Waals surface area contributed by atoms with Gasteiger partial charge in [0.25, 0.3) is 0 Å². The van der Waals surface area contributed by atoms with Crippen LogP contribution in [0.3, 0.4) is 0 Å². The van der Waals surface area contributed by atoms with Gasteiger partial charge in [-0.05, 0) is 29.7 Å². The quantitative estimate of drug-likeness (QED) is 0.876. The van der Waals surface area contributed by atoms with Gasteiger partial charge in [-0.1, -0.05) is 39.8 Å². The average molecular weight is 315 g/mol. The molecule has 0 aliphatic rings. The molecule has 1 heterocycles. The van der Waals surface area contributed by atoms with Gasteiger partial charge in [-0.15, -0.1) is 0 Å². The summed E-state index contributed by atoms with van der Waals surface area (Å²) in [4.78, 5) is 15.3. The van der Waals surface area contributed by atoms with Crippen molar-refractivity contribution in [3.05, 3.63) is 48.2 Å². The minimum absolute atomic E-state index is 0.0553. The van der Waals surface area contributed by atoms with E-state index in [4.69, 9.17) is 10.5 Å². The minimum Gasteiger partial charge on any atom is -0.439 e. The summed E-state index contributed by atoms with van der Waals surface area (Å²) < 4.78 is 5.71. The summed E-state index contributed by atoms with van der Waals surface area (Å²) in [5, 5.41) is 2.62. The highest BCUT2D eigenvalue weighted by molar-refractivity contribution is 5.91. The number of nitrogens with zero attached hydrogens (tertiary/aromatic N) is 1. The number of carbonyl (C=O) groups excluding carboxylic acids is 1. The number of hydrogen-bond donors (Lipinski definition) is 2. The molecule has 0 spiro atoms. The lowest BCUT2D eigenvalue weighted by atomic mass is 10.0. The van der Waals surface area contributed by atoms with Crippen LogP contribution >= 0.6 is 0 Å². The predicted octanol–water partition coefficient (Wildman–Crippen LogP) is 3.92. The fraction of sp³-hybridized carbons (Fsp3) is 0.333. The fourth-order valence-electron chi connectivity index (χ4n) is 1.78. The van der Waals surface area contributed by atoms with Gasteiger partial charge in [0.05, 0.1) is 18.4 Å². The number of anilines is 1. The smallest absolute Gasteiger partial charge is 0.238 e. The van der Waals surface area contributed by atoms with E-state index in [1.807, 2.05) is 32.0 Å². The summed E-state index contributed by atoms with van der Waals surface area (Å²) in [5.41, 5.74) is 7.03. The fourth-order valence-corrected chi connectivity index (χ4v) is 1.78. The highest BCUT2D eigenvalue weighted by atomic mass is 16.5. The van der Waals surface area contributed by atoms with Crippen molar-refractivity contribution >= 4 is 11.6 Å². The SMILES string of the molecule is CC.CC(C)c1cccc(Oc2ccc(NC(=O)CN)cn2)c1. The van der Waals surface area contributed by atoms with E-state index in [-0.39, 0.29) is 12.5 Å². The Morgan fingerprint density at radius 2 is 2.00 bits per heavy atom. The normalized spacial score (nSPS) is 9.83. The van der Waals surface area contributed by atoms with Crippen LogP contribution < -0.4 is 15.8 Å². The van der Waals surface area contributed by atoms with E-state index in [0.29, 0.717) is 17.5 Å². The molecule has 2 rings (SSSR count). The van der Waals surface area contributed by atoms with E-state index >= 15 is 0 Å². The highest BCUT2D eigenvalue weighted by Crippen LogP contribution is 2.24. The molecular weight excluding hydrogens is 290 g/mol. The number of nitrogens with one attached hydrogen (secondary N) is 1. The Hall–Kier alpha value is -2.40. The van der Waals surface area contributed by atoms with E-state index in [0.717, 1.165) is 5.75 Å². The predicted molar refractivity (Wildman–Crippen MR) is 93.9 cm³/mol. The molecule has 0 aliphatic heterocycles. The molecule has 0 unspecified atom stereocenters. The third-order valence-corrected chi connectivity index (χ3v) is 2.95. The molecule has 1 amide bonds. The van der Waals surface area contributed by atoms with Crippen LogP contribution in [0, 0.1) is 0 Å². The molecule has 0 aliphatic carbocycles. The Bertz CT molecular complexity index is 610. The molecule has 23 heavy (non-hydrogen) atoms. The third kappa shape index (κ3) is 6.08. The van der Waals surface area contributed by atoms with Crippen molar-refractivity contribution in [3.63, 3.8) is 0 Å². The zero-order valence-corrected chi connectivity index (χ0v) is 14.2. The van der Waals surface area contributed by atoms with Gasteiger partial charge in [0.15, 0.2) is 0 Å². The van der Waals surface area contributed by atoms with Gasteiger partial charge < -0.3 is 15.8 Å². The zero-order chi connectivity index (χ0) is 17.2. The second kappa shape index (κ2) is 9.58. The molecule has 5 heteroatoms. The number of rotatable bonds is 5. The van der Waals surface area contributed by atoms with Crippen LogP contribution in [-0.2, 0) is 4.79 Å². The molecule has 0 bridgehead atoms. The van der Waals surface area contributed by atoms with Gasteiger partial charge in [0.2, 0.25) is 11.8 Å². The number of benzene rings is 1. The van der Waals surface area contributed by atoms with Gasteiger partial charge in [0.1, 0.15) is 5.75 Å². The first kappa shape index (κ1) is 18.6. The summed E-state index contributed by atoms with van der Waals surface area (Å²) in [5.74, 6) is 1.40. The lowest BCUT2D eigenvalue weighted by Crippen LogP contribution is -2.21. The highest BCUT2D eigenvalue weighted by Gasteiger charge is 2.04. The topological polar surface area (TPSA) is 77.2 Å². The number of nitrogens with two attached hydrogens (primary N) is 1. The van der Waals surface area contributed by atoms with Gasteiger partial charge in [-0.3, -0.25) is 4.79 Å². The minimum atomic E-state index is -0.255. The number of aromatic nitrogens is 1. The Balaban J connectivity index is 0.00000127. The second-order valence-electron chi connectivity index (χ2n) is 4.97.